The van der Waals surface area contributed by atoms with E-state index in [2.05, 4.69) is 5.32 Å². The van der Waals surface area contributed by atoms with Gasteiger partial charge in [-0.05, 0) is 26.7 Å². The molecule has 23 heavy (non-hydrogen) atoms. The van der Waals surface area contributed by atoms with Gasteiger partial charge in [-0.2, -0.15) is 0 Å². The second-order valence-corrected chi connectivity index (χ2v) is 7.27. The molecule has 5 unspecified atom stereocenters. The summed E-state index contributed by atoms with van der Waals surface area (Å²) in [6.45, 7) is 10.1. The smallest absolute Gasteiger partial charge is 0.336 e. The zero-order valence-corrected chi connectivity index (χ0v) is 14.4. The lowest BCUT2D eigenvalue weighted by Crippen LogP contribution is -2.70. The van der Waals surface area contributed by atoms with Crippen molar-refractivity contribution in [1.82, 2.24) is 5.32 Å². The molecule has 2 rings (SSSR count). The lowest BCUT2D eigenvalue weighted by atomic mass is 9.68. The standard InChI is InChI=1S/C16H27NO6/c1-6-14(4)8-16(9(3)15(5,7-2)17-14)22-10(12(18)19)11(23-16)13(20)21/h9-11,17H,6-8H2,1-5H3,(H,18,19)(H,20,21). The minimum atomic E-state index is -1.49. The molecule has 0 bridgehead atoms. The molecular weight excluding hydrogens is 302 g/mol. The first-order valence-electron chi connectivity index (χ1n) is 8.13. The van der Waals surface area contributed by atoms with Crippen LogP contribution in [0.2, 0.25) is 0 Å². The third-order valence-corrected chi connectivity index (χ3v) is 5.77. The maximum absolute atomic E-state index is 11.4. The van der Waals surface area contributed by atoms with Crippen molar-refractivity contribution in [3.63, 3.8) is 0 Å². The first-order valence-corrected chi connectivity index (χ1v) is 8.13. The number of carboxylic acids is 2. The fraction of sp³-hybridized carbons (Fsp3) is 0.875. The molecule has 0 aromatic rings. The molecule has 1 spiro atoms. The van der Waals surface area contributed by atoms with Crippen LogP contribution in [0.3, 0.4) is 0 Å². The third-order valence-electron chi connectivity index (χ3n) is 5.77. The summed E-state index contributed by atoms with van der Waals surface area (Å²) in [5.74, 6) is -4.04. The summed E-state index contributed by atoms with van der Waals surface area (Å²) in [5.41, 5.74) is -0.673. The highest BCUT2D eigenvalue weighted by molar-refractivity contribution is 5.84. The first kappa shape index (κ1) is 18.2. The predicted octanol–water partition coefficient (Wildman–Crippen LogP) is 1.60. The summed E-state index contributed by atoms with van der Waals surface area (Å²) in [4.78, 5) is 22.9. The van der Waals surface area contributed by atoms with Gasteiger partial charge < -0.3 is 25.0 Å². The Bertz CT molecular complexity index is 487. The topological polar surface area (TPSA) is 105 Å². The molecule has 2 aliphatic heterocycles. The number of hydrogen-bond acceptors (Lipinski definition) is 5. The number of aliphatic carboxylic acids is 2. The highest BCUT2D eigenvalue weighted by Crippen LogP contribution is 2.50. The molecule has 132 valence electrons. The Morgan fingerprint density at radius 2 is 1.57 bits per heavy atom. The Labute approximate surface area is 136 Å². The number of piperidine rings is 1. The molecule has 3 N–H and O–H groups in total. The van der Waals surface area contributed by atoms with Gasteiger partial charge in [0, 0.05) is 23.4 Å². The molecule has 2 fully saturated rings. The van der Waals surface area contributed by atoms with Gasteiger partial charge in [0.25, 0.3) is 0 Å². The highest BCUT2D eigenvalue weighted by Gasteiger charge is 2.64. The van der Waals surface area contributed by atoms with Gasteiger partial charge in [-0.1, -0.05) is 20.8 Å². The summed E-state index contributed by atoms with van der Waals surface area (Å²) in [5, 5.41) is 22.3. The number of nitrogens with one attached hydrogen (secondary N) is 1. The monoisotopic (exact) mass is 329 g/mol. The SMILES string of the molecule is CCC1(C)CC2(OC(C(=O)O)C(C(=O)O)O2)C(C)C(C)(CC)N1. The van der Waals surface area contributed by atoms with E-state index >= 15 is 0 Å². The van der Waals surface area contributed by atoms with E-state index in [4.69, 9.17) is 9.47 Å². The van der Waals surface area contributed by atoms with Gasteiger partial charge in [0.2, 0.25) is 0 Å². The van der Waals surface area contributed by atoms with Crippen LogP contribution in [0.4, 0.5) is 0 Å². The van der Waals surface area contributed by atoms with Crippen LogP contribution < -0.4 is 5.32 Å². The second kappa shape index (κ2) is 5.72. The van der Waals surface area contributed by atoms with Crippen molar-refractivity contribution in [3.05, 3.63) is 0 Å². The van der Waals surface area contributed by atoms with Crippen LogP contribution in [0.25, 0.3) is 0 Å². The quantitative estimate of drug-likeness (QED) is 0.719. The first-order chi connectivity index (χ1) is 10.5. The highest BCUT2D eigenvalue weighted by atomic mass is 16.8. The van der Waals surface area contributed by atoms with E-state index in [1.165, 1.54) is 0 Å². The molecule has 2 saturated heterocycles. The Hall–Kier alpha value is -1.18. The Morgan fingerprint density at radius 3 is 1.91 bits per heavy atom. The minimum absolute atomic E-state index is 0.203. The van der Waals surface area contributed by atoms with Crippen molar-refractivity contribution in [2.75, 3.05) is 0 Å². The van der Waals surface area contributed by atoms with E-state index in [-0.39, 0.29) is 17.0 Å². The molecular formula is C16H27NO6. The molecule has 5 atom stereocenters. The summed E-state index contributed by atoms with van der Waals surface area (Å²) < 4.78 is 11.6. The van der Waals surface area contributed by atoms with Crippen molar-refractivity contribution >= 4 is 11.9 Å². The van der Waals surface area contributed by atoms with E-state index in [1.54, 1.807) is 0 Å². The second-order valence-electron chi connectivity index (χ2n) is 7.27. The molecule has 0 saturated carbocycles. The average molecular weight is 329 g/mol. The normalized spacial score (nSPS) is 46.9. The van der Waals surface area contributed by atoms with E-state index in [1.807, 2.05) is 34.6 Å². The fourth-order valence-electron chi connectivity index (χ4n) is 3.86. The molecule has 0 aliphatic carbocycles. The number of rotatable bonds is 4. The third kappa shape index (κ3) is 2.86. The molecule has 0 aromatic heterocycles. The van der Waals surface area contributed by atoms with Crippen LogP contribution in [0.1, 0.15) is 53.9 Å². The zero-order chi connectivity index (χ0) is 17.6. The van der Waals surface area contributed by atoms with Gasteiger partial charge in [-0.15, -0.1) is 0 Å². The van der Waals surface area contributed by atoms with Crippen LogP contribution in [0.5, 0.6) is 0 Å². The molecule has 0 radical (unpaired) electrons. The molecule has 7 nitrogen and oxygen atoms in total. The van der Waals surface area contributed by atoms with Gasteiger partial charge in [-0.3, -0.25) is 0 Å². The van der Waals surface area contributed by atoms with Crippen molar-refractivity contribution in [3.8, 4) is 0 Å². The van der Waals surface area contributed by atoms with Crippen LogP contribution in [-0.4, -0.2) is 51.2 Å². The summed E-state index contributed by atoms with van der Waals surface area (Å²) in [6, 6.07) is 0. The number of carboxylic acid groups (broad SMARTS) is 2. The zero-order valence-electron chi connectivity index (χ0n) is 14.4. The van der Waals surface area contributed by atoms with E-state index in [0.29, 0.717) is 6.42 Å². The lowest BCUT2D eigenvalue weighted by molar-refractivity contribution is -0.257. The van der Waals surface area contributed by atoms with E-state index < -0.39 is 29.9 Å². The number of ether oxygens (including phenoxy) is 2. The van der Waals surface area contributed by atoms with Crippen molar-refractivity contribution in [1.29, 1.82) is 0 Å². The van der Waals surface area contributed by atoms with Crippen LogP contribution in [0, 0.1) is 5.92 Å². The predicted molar refractivity (Wildman–Crippen MR) is 82.1 cm³/mol. The van der Waals surface area contributed by atoms with Gasteiger partial charge in [0.15, 0.2) is 18.0 Å². The average Bonchev–Trinajstić information content (AvgIpc) is 2.86. The van der Waals surface area contributed by atoms with Gasteiger partial charge in [0.1, 0.15) is 0 Å². The van der Waals surface area contributed by atoms with E-state index in [9.17, 15) is 19.8 Å². The van der Waals surface area contributed by atoms with Crippen LogP contribution >= 0.6 is 0 Å². The largest absolute Gasteiger partial charge is 0.479 e. The molecule has 7 heteroatoms. The summed E-state index contributed by atoms with van der Waals surface area (Å²) in [7, 11) is 0. The summed E-state index contributed by atoms with van der Waals surface area (Å²) in [6.07, 6.45) is -1.00. The maximum Gasteiger partial charge on any atom is 0.336 e. The molecule has 0 amide bonds. The Kier molecular flexibility index (Phi) is 4.52. The Morgan fingerprint density at radius 1 is 1.09 bits per heavy atom. The van der Waals surface area contributed by atoms with Crippen LogP contribution in [-0.2, 0) is 19.1 Å². The maximum atomic E-state index is 11.4. The number of carbonyl (C=O) groups is 2. The van der Waals surface area contributed by atoms with Crippen molar-refractivity contribution < 1.29 is 29.3 Å². The Balaban J connectivity index is 2.46. The minimum Gasteiger partial charge on any atom is -0.479 e. The van der Waals surface area contributed by atoms with Gasteiger partial charge >= 0.3 is 11.9 Å². The van der Waals surface area contributed by atoms with Crippen LogP contribution in [0.15, 0.2) is 0 Å². The fourth-order valence-corrected chi connectivity index (χ4v) is 3.86. The van der Waals surface area contributed by atoms with Gasteiger partial charge in [0.05, 0.1) is 0 Å². The van der Waals surface area contributed by atoms with E-state index in [0.717, 1.165) is 12.8 Å². The van der Waals surface area contributed by atoms with Gasteiger partial charge in [-0.25, -0.2) is 9.59 Å². The molecule has 2 aliphatic rings. The molecule has 2 heterocycles. The number of hydrogen-bond donors (Lipinski definition) is 3. The lowest BCUT2D eigenvalue weighted by Gasteiger charge is -2.56. The van der Waals surface area contributed by atoms with Crippen molar-refractivity contribution in [2.45, 2.75) is 83.0 Å². The van der Waals surface area contributed by atoms with Crippen molar-refractivity contribution in [2.24, 2.45) is 5.92 Å². The molecule has 0 aromatic carbocycles. The summed E-state index contributed by atoms with van der Waals surface area (Å²) >= 11 is 0.